The van der Waals surface area contributed by atoms with E-state index in [9.17, 15) is 14.4 Å². The van der Waals surface area contributed by atoms with Gasteiger partial charge in [0.1, 0.15) is 6.54 Å². The van der Waals surface area contributed by atoms with E-state index < -0.39 is 11.9 Å². The minimum atomic E-state index is -0.478. The maximum absolute atomic E-state index is 12.8. The first-order chi connectivity index (χ1) is 13.4. The van der Waals surface area contributed by atoms with Crippen LogP contribution in [-0.2, 0) is 19.1 Å². The minimum Gasteiger partial charge on any atom is -0.463 e. The Balaban J connectivity index is 2.35. The zero-order valence-corrected chi connectivity index (χ0v) is 17.3. The molecule has 1 aromatic rings. The molecule has 7 heteroatoms. The van der Waals surface area contributed by atoms with Gasteiger partial charge in [-0.3, -0.25) is 9.59 Å². The van der Waals surface area contributed by atoms with E-state index in [4.69, 9.17) is 16.3 Å². The second kappa shape index (κ2) is 10.3. The van der Waals surface area contributed by atoms with Crippen molar-refractivity contribution in [1.29, 1.82) is 0 Å². The Morgan fingerprint density at radius 3 is 2.71 bits per heavy atom. The number of halogens is 1. The molecule has 1 N–H and O–H groups in total. The van der Waals surface area contributed by atoms with Gasteiger partial charge in [0.2, 0.25) is 11.8 Å². The van der Waals surface area contributed by atoms with Crippen LogP contribution < -0.4 is 5.32 Å². The highest BCUT2D eigenvalue weighted by Crippen LogP contribution is 2.37. The van der Waals surface area contributed by atoms with Crippen LogP contribution in [-0.4, -0.2) is 42.4 Å². The number of rotatable bonds is 8. The van der Waals surface area contributed by atoms with E-state index in [-0.39, 0.29) is 31.4 Å². The number of hydrogen-bond acceptors (Lipinski definition) is 4. The topological polar surface area (TPSA) is 75.7 Å². The van der Waals surface area contributed by atoms with Gasteiger partial charge >= 0.3 is 5.97 Å². The zero-order valence-electron chi connectivity index (χ0n) is 16.6. The number of carbonyl (C=O) groups is 3. The zero-order chi connectivity index (χ0) is 20.7. The molecular formula is C21H27ClN2O4. The summed E-state index contributed by atoms with van der Waals surface area (Å²) in [6.45, 7) is 6.13. The van der Waals surface area contributed by atoms with Gasteiger partial charge in [-0.15, -0.1) is 0 Å². The number of nitrogens with one attached hydrogen (secondary N) is 1. The highest BCUT2D eigenvalue weighted by Gasteiger charge is 2.37. The van der Waals surface area contributed by atoms with Gasteiger partial charge in [0.25, 0.3) is 0 Å². The third-order valence-electron chi connectivity index (χ3n) is 4.72. The molecule has 0 spiro atoms. The Morgan fingerprint density at radius 2 is 2.07 bits per heavy atom. The van der Waals surface area contributed by atoms with Crippen molar-refractivity contribution in [3.05, 3.63) is 46.1 Å². The Hall–Kier alpha value is -2.34. The molecule has 0 radical (unpaired) electrons. The van der Waals surface area contributed by atoms with Crippen LogP contribution in [0.3, 0.4) is 0 Å². The van der Waals surface area contributed by atoms with Crippen LogP contribution in [0.5, 0.6) is 0 Å². The number of hydrogen-bond donors (Lipinski definition) is 1. The average Bonchev–Trinajstić information content (AvgIpc) is 2.65. The van der Waals surface area contributed by atoms with Gasteiger partial charge in [-0.1, -0.05) is 37.1 Å². The largest absolute Gasteiger partial charge is 0.463 e. The summed E-state index contributed by atoms with van der Waals surface area (Å²) in [6, 6.07) is 7.11. The van der Waals surface area contributed by atoms with E-state index in [0.717, 1.165) is 18.4 Å². The molecule has 1 aliphatic heterocycles. The molecule has 6 nitrogen and oxygen atoms in total. The van der Waals surface area contributed by atoms with Gasteiger partial charge in [0.05, 0.1) is 12.2 Å². The Bertz CT molecular complexity index is 775. The fourth-order valence-electron chi connectivity index (χ4n) is 3.29. The molecular weight excluding hydrogens is 380 g/mol. The van der Waals surface area contributed by atoms with E-state index in [2.05, 4.69) is 5.32 Å². The van der Waals surface area contributed by atoms with Crippen LogP contribution in [0.1, 0.15) is 51.5 Å². The Labute approximate surface area is 170 Å². The third kappa shape index (κ3) is 5.35. The van der Waals surface area contributed by atoms with Gasteiger partial charge in [0.15, 0.2) is 0 Å². The van der Waals surface area contributed by atoms with Crippen molar-refractivity contribution in [3.8, 4) is 0 Å². The molecule has 1 aliphatic rings. The summed E-state index contributed by atoms with van der Waals surface area (Å²) in [5, 5.41) is 3.33. The molecule has 0 aromatic heterocycles. The fourth-order valence-corrected chi connectivity index (χ4v) is 3.49. The van der Waals surface area contributed by atoms with Gasteiger partial charge in [0, 0.05) is 29.6 Å². The van der Waals surface area contributed by atoms with Gasteiger partial charge in [-0.2, -0.15) is 0 Å². The molecule has 0 aliphatic carbocycles. The molecule has 0 saturated heterocycles. The third-order valence-corrected chi connectivity index (χ3v) is 4.96. The normalized spacial score (nSPS) is 16.9. The molecule has 1 heterocycles. The summed E-state index contributed by atoms with van der Waals surface area (Å²) in [5.74, 6) is -1.38. The smallest absolute Gasteiger partial charge is 0.336 e. The van der Waals surface area contributed by atoms with Crippen LogP contribution in [0.15, 0.2) is 35.5 Å². The van der Waals surface area contributed by atoms with Crippen molar-refractivity contribution in [3.63, 3.8) is 0 Å². The first-order valence-electron chi connectivity index (χ1n) is 9.59. The summed E-state index contributed by atoms with van der Waals surface area (Å²) in [4.78, 5) is 39.1. The average molecular weight is 407 g/mol. The summed E-state index contributed by atoms with van der Waals surface area (Å²) >= 11 is 6.10. The number of amides is 2. The number of esters is 1. The predicted octanol–water partition coefficient (Wildman–Crippen LogP) is 3.41. The standard InChI is InChI=1S/C21H27ClN2O4/c1-4-6-10-23-18(25)13-24-14(3)20(21(27)28-5-2)17(12-19(24)26)15-8-7-9-16(22)11-15/h7-9,11,17H,4-6,10,12-13H2,1-3H3,(H,23,25)/t17-/m0/s1. The lowest BCUT2D eigenvalue weighted by atomic mass is 9.83. The van der Waals surface area contributed by atoms with Crippen LogP contribution in [0.4, 0.5) is 0 Å². The lowest BCUT2D eigenvalue weighted by Gasteiger charge is -2.34. The maximum Gasteiger partial charge on any atom is 0.336 e. The minimum absolute atomic E-state index is 0.0775. The van der Waals surface area contributed by atoms with E-state index in [1.165, 1.54) is 4.90 Å². The van der Waals surface area contributed by atoms with Crippen LogP contribution in [0.2, 0.25) is 5.02 Å². The molecule has 0 unspecified atom stereocenters. The quantitative estimate of drug-likeness (QED) is 0.530. The number of allylic oxidation sites excluding steroid dienone is 1. The molecule has 2 amide bonds. The SMILES string of the molecule is CCCCNC(=O)CN1C(=O)C[C@@H](c2cccc(Cl)c2)C(C(=O)OCC)=C1C. The predicted molar refractivity (Wildman–Crippen MR) is 108 cm³/mol. The number of carbonyl (C=O) groups excluding carboxylic acids is 3. The molecule has 0 saturated carbocycles. The first-order valence-corrected chi connectivity index (χ1v) is 9.97. The first kappa shape index (κ1) is 22.0. The number of unbranched alkanes of at least 4 members (excludes halogenated alkanes) is 1. The highest BCUT2D eigenvalue weighted by molar-refractivity contribution is 6.30. The van der Waals surface area contributed by atoms with Crippen molar-refractivity contribution < 1.29 is 19.1 Å². The number of benzene rings is 1. The van der Waals surface area contributed by atoms with Crippen LogP contribution >= 0.6 is 11.6 Å². The van der Waals surface area contributed by atoms with E-state index in [1.807, 2.05) is 13.0 Å². The lowest BCUT2D eigenvalue weighted by Crippen LogP contribution is -2.44. The van der Waals surface area contributed by atoms with Gasteiger partial charge in [-0.25, -0.2) is 4.79 Å². The van der Waals surface area contributed by atoms with Crippen molar-refractivity contribution in [2.45, 2.75) is 46.0 Å². The summed E-state index contributed by atoms with van der Waals surface area (Å²) in [7, 11) is 0. The molecule has 28 heavy (non-hydrogen) atoms. The maximum atomic E-state index is 12.8. The second-order valence-electron chi connectivity index (χ2n) is 6.71. The van der Waals surface area contributed by atoms with E-state index in [1.54, 1.807) is 32.0 Å². The van der Waals surface area contributed by atoms with Crippen molar-refractivity contribution in [2.24, 2.45) is 0 Å². The van der Waals surface area contributed by atoms with Crippen LogP contribution in [0.25, 0.3) is 0 Å². The molecule has 0 bridgehead atoms. The van der Waals surface area contributed by atoms with E-state index >= 15 is 0 Å². The summed E-state index contributed by atoms with van der Waals surface area (Å²) in [5.41, 5.74) is 1.62. The lowest BCUT2D eigenvalue weighted by molar-refractivity contribution is -0.141. The number of nitrogens with zero attached hydrogens (tertiary/aromatic N) is 1. The van der Waals surface area contributed by atoms with E-state index in [0.29, 0.717) is 22.8 Å². The molecule has 1 atom stereocenters. The monoisotopic (exact) mass is 406 g/mol. The molecule has 0 fully saturated rings. The molecule has 1 aromatic carbocycles. The van der Waals surface area contributed by atoms with Crippen molar-refractivity contribution in [1.82, 2.24) is 10.2 Å². The Kier molecular flexibility index (Phi) is 8.05. The summed E-state index contributed by atoms with van der Waals surface area (Å²) in [6.07, 6.45) is 1.92. The fraction of sp³-hybridized carbons (Fsp3) is 0.476. The molecule has 2 rings (SSSR count). The van der Waals surface area contributed by atoms with Crippen molar-refractivity contribution >= 4 is 29.4 Å². The van der Waals surface area contributed by atoms with Gasteiger partial charge < -0.3 is 15.0 Å². The second-order valence-corrected chi connectivity index (χ2v) is 7.15. The molecule has 152 valence electrons. The van der Waals surface area contributed by atoms with Crippen LogP contribution in [0, 0.1) is 0 Å². The highest BCUT2D eigenvalue weighted by atomic mass is 35.5. The van der Waals surface area contributed by atoms with Crippen molar-refractivity contribution in [2.75, 3.05) is 19.7 Å². The van der Waals surface area contributed by atoms with Gasteiger partial charge in [-0.05, 0) is 38.0 Å². The number of ether oxygens (including phenoxy) is 1. The summed E-state index contributed by atoms with van der Waals surface area (Å²) < 4.78 is 5.23. The Morgan fingerprint density at radius 1 is 1.32 bits per heavy atom.